The van der Waals surface area contributed by atoms with E-state index in [4.69, 9.17) is 27.9 Å². The molecular weight excluding hydrogens is 382 g/mol. The third kappa shape index (κ3) is 4.67. The van der Waals surface area contributed by atoms with Crippen molar-refractivity contribution in [3.63, 3.8) is 0 Å². The number of carbonyl (C=O) groups is 2. The van der Waals surface area contributed by atoms with Crippen molar-refractivity contribution in [2.75, 3.05) is 19.0 Å². The number of hydrogen-bond donors (Lipinski definition) is 1. The van der Waals surface area contributed by atoms with E-state index in [1.807, 2.05) is 0 Å². The van der Waals surface area contributed by atoms with Crippen LogP contribution < -0.4 is 5.32 Å². The van der Waals surface area contributed by atoms with Crippen molar-refractivity contribution in [3.05, 3.63) is 45.9 Å². The lowest BCUT2D eigenvalue weighted by molar-refractivity contribution is -0.138. The number of carbonyl (C=O) groups excluding carboxylic acids is 2. The zero-order valence-corrected chi connectivity index (χ0v) is 15.0. The number of ketones is 1. The van der Waals surface area contributed by atoms with Gasteiger partial charge in [-0.05, 0) is 13.8 Å². The molecule has 0 amide bonds. The molecule has 0 bridgehead atoms. The molecule has 0 radical (unpaired) electrons. The molecule has 138 valence electrons. The highest BCUT2D eigenvalue weighted by Gasteiger charge is 2.30. The standard InChI is InChI=1S/C16H16Cl2F3NO3/c1-4-25-16(24)8(3)22-6-9(5-17)15(23)10-7(2)12(19)14(21)11(18)13(10)20/h9,22H,3-6H2,1-2H3. The molecule has 0 saturated heterocycles. The Labute approximate surface area is 152 Å². The summed E-state index contributed by atoms with van der Waals surface area (Å²) < 4.78 is 46.1. The lowest BCUT2D eigenvalue weighted by Gasteiger charge is -2.18. The monoisotopic (exact) mass is 397 g/mol. The number of nitrogens with one attached hydrogen (secondary N) is 1. The second-order valence-electron chi connectivity index (χ2n) is 5.05. The molecule has 1 aromatic rings. The minimum absolute atomic E-state index is 0.120. The normalized spacial score (nSPS) is 11.8. The van der Waals surface area contributed by atoms with Gasteiger partial charge in [0.2, 0.25) is 0 Å². The Kier molecular flexibility index (Phi) is 7.76. The van der Waals surface area contributed by atoms with Gasteiger partial charge in [-0.1, -0.05) is 18.2 Å². The van der Waals surface area contributed by atoms with E-state index in [9.17, 15) is 22.8 Å². The SMILES string of the molecule is C=C(NCC(CCl)C(=O)c1c(C)c(F)c(F)c(Cl)c1F)C(=O)OCC. The summed E-state index contributed by atoms with van der Waals surface area (Å²) in [5, 5.41) is 1.44. The van der Waals surface area contributed by atoms with Crippen LogP contribution >= 0.6 is 23.2 Å². The summed E-state index contributed by atoms with van der Waals surface area (Å²) in [6, 6.07) is 0. The maximum absolute atomic E-state index is 14.2. The van der Waals surface area contributed by atoms with Crippen molar-refractivity contribution in [2.24, 2.45) is 5.92 Å². The largest absolute Gasteiger partial charge is 0.461 e. The quantitative estimate of drug-likeness (QED) is 0.181. The Hall–Kier alpha value is -1.73. The van der Waals surface area contributed by atoms with Gasteiger partial charge in [0.15, 0.2) is 23.2 Å². The lowest BCUT2D eigenvalue weighted by Crippen LogP contribution is -2.33. The lowest BCUT2D eigenvalue weighted by atomic mass is 9.94. The molecule has 4 nitrogen and oxygen atoms in total. The first-order chi connectivity index (χ1) is 11.7. The summed E-state index contributed by atoms with van der Waals surface area (Å²) in [5.41, 5.74) is -1.31. The van der Waals surface area contributed by atoms with Crippen LogP contribution in [0.1, 0.15) is 22.8 Å². The van der Waals surface area contributed by atoms with Crippen LogP contribution in [0.2, 0.25) is 5.02 Å². The Bertz CT molecular complexity index is 681. The average Bonchev–Trinajstić information content (AvgIpc) is 2.58. The Morgan fingerprint density at radius 3 is 2.36 bits per heavy atom. The number of hydrogen-bond acceptors (Lipinski definition) is 4. The van der Waals surface area contributed by atoms with Crippen molar-refractivity contribution < 1.29 is 27.5 Å². The first-order valence-electron chi connectivity index (χ1n) is 7.19. The summed E-state index contributed by atoms with van der Waals surface area (Å²) in [6.07, 6.45) is 0. The fraction of sp³-hybridized carbons (Fsp3) is 0.375. The molecule has 0 fully saturated rings. The number of benzene rings is 1. The number of alkyl halides is 1. The Balaban J connectivity index is 3.05. The fourth-order valence-corrected chi connectivity index (χ4v) is 2.42. The Morgan fingerprint density at radius 1 is 1.24 bits per heavy atom. The second kappa shape index (κ2) is 9.10. The second-order valence-corrected chi connectivity index (χ2v) is 5.74. The van der Waals surface area contributed by atoms with E-state index in [0.29, 0.717) is 0 Å². The number of ether oxygens (including phenoxy) is 1. The third-order valence-corrected chi connectivity index (χ3v) is 4.09. The molecule has 1 rings (SSSR count). The minimum Gasteiger partial charge on any atom is -0.461 e. The molecule has 0 heterocycles. The molecule has 25 heavy (non-hydrogen) atoms. The molecule has 1 atom stereocenters. The van der Waals surface area contributed by atoms with Crippen molar-refractivity contribution in [1.82, 2.24) is 5.32 Å². The van der Waals surface area contributed by atoms with Crippen LogP contribution in [0.4, 0.5) is 13.2 Å². The van der Waals surface area contributed by atoms with Crippen LogP contribution in [0.3, 0.4) is 0 Å². The molecular formula is C16H16Cl2F3NO3. The predicted molar refractivity (Wildman–Crippen MR) is 88.4 cm³/mol. The number of esters is 1. The zero-order valence-electron chi connectivity index (χ0n) is 13.5. The van der Waals surface area contributed by atoms with E-state index >= 15 is 0 Å². The van der Waals surface area contributed by atoms with Crippen molar-refractivity contribution >= 4 is 35.0 Å². The van der Waals surface area contributed by atoms with Crippen LogP contribution in [0.25, 0.3) is 0 Å². The van der Waals surface area contributed by atoms with Gasteiger partial charge in [0.25, 0.3) is 0 Å². The van der Waals surface area contributed by atoms with Gasteiger partial charge < -0.3 is 10.1 Å². The first-order valence-corrected chi connectivity index (χ1v) is 8.11. The predicted octanol–water partition coefficient (Wildman–Crippen LogP) is 3.77. The van der Waals surface area contributed by atoms with Gasteiger partial charge in [0.1, 0.15) is 10.7 Å². The number of halogens is 5. The van der Waals surface area contributed by atoms with Gasteiger partial charge >= 0.3 is 5.97 Å². The van der Waals surface area contributed by atoms with Gasteiger partial charge in [-0.3, -0.25) is 4.79 Å². The minimum atomic E-state index is -1.57. The first kappa shape index (κ1) is 21.3. The summed E-state index contributed by atoms with van der Waals surface area (Å²) in [4.78, 5) is 23.9. The molecule has 1 unspecified atom stereocenters. The van der Waals surface area contributed by atoms with Gasteiger partial charge in [0, 0.05) is 18.0 Å². The Morgan fingerprint density at radius 2 is 1.84 bits per heavy atom. The molecule has 0 aliphatic rings. The molecule has 1 N–H and O–H groups in total. The van der Waals surface area contributed by atoms with Gasteiger partial charge in [0.05, 0.1) is 18.1 Å². The van der Waals surface area contributed by atoms with Gasteiger partial charge in [-0.2, -0.15) is 0 Å². The van der Waals surface area contributed by atoms with E-state index in [1.165, 1.54) is 0 Å². The van der Waals surface area contributed by atoms with Gasteiger partial charge in [-0.15, -0.1) is 11.6 Å². The summed E-state index contributed by atoms with van der Waals surface area (Å²) in [6.45, 7) is 6.05. The van der Waals surface area contributed by atoms with E-state index in [-0.39, 0.29) is 24.7 Å². The topological polar surface area (TPSA) is 55.4 Å². The van der Waals surface area contributed by atoms with Crippen LogP contribution in [-0.2, 0) is 9.53 Å². The average molecular weight is 398 g/mol. The van der Waals surface area contributed by atoms with Crippen LogP contribution in [0.5, 0.6) is 0 Å². The van der Waals surface area contributed by atoms with E-state index in [0.717, 1.165) is 6.92 Å². The van der Waals surface area contributed by atoms with Crippen LogP contribution in [0, 0.1) is 30.3 Å². The van der Waals surface area contributed by atoms with E-state index in [1.54, 1.807) is 6.92 Å². The summed E-state index contributed by atoms with van der Waals surface area (Å²) in [5.74, 6) is -7.24. The van der Waals surface area contributed by atoms with Crippen LogP contribution in [-0.4, -0.2) is 30.8 Å². The molecule has 0 aliphatic heterocycles. The maximum atomic E-state index is 14.2. The summed E-state index contributed by atoms with van der Waals surface area (Å²) >= 11 is 11.1. The zero-order chi connectivity index (χ0) is 19.3. The molecule has 0 saturated carbocycles. The molecule has 1 aromatic carbocycles. The summed E-state index contributed by atoms with van der Waals surface area (Å²) in [7, 11) is 0. The molecule has 9 heteroatoms. The highest BCUT2D eigenvalue weighted by atomic mass is 35.5. The van der Waals surface area contributed by atoms with Crippen molar-refractivity contribution in [3.8, 4) is 0 Å². The number of rotatable bonds is 8. The smallest absolute Gasteiger partial charge is 0.353 e. The highest BCUT2D eigenvalue weighted by molar-refractivity contribution is 6.31. The van der Waals surface area contributed by atoms with Crippen LogP contribution in [0.15, 0.2) is 12.3 Å². The molecule has 0 spiro atoms. The fourth-order valence-electron chi connectivity index (χ4n) is 1.99. The molecule has 0 aromatic heterocycles. The van der Waals surface area contributed by atoms with E-state index in [2.05, 4.69) is 11.9 Å². The number of Topliss-reactive ketones (excluding diaryl/α,β-unsaturated/α-hetero) is 1. The van der Waals surface area contributed by atoms with E-state index < -0.39 is 51.3 Å². The highest BCUT2D eigenvalue weighted by Crippen LogP contribution is 2.30. The third-order valence-electron chi connectivity index (χ3n) is 3.39. The van der Waals surface area contributed by atoms with Gasteiger partial charge in [-0.25, -0.2) is 18.0 Å². The maximum Gasteiger partial charge on any atom is 0.353 e. The van der Waals surface area contributed by atoms with Crippen molar-refractivity contribution in [1.29, 1.82) is 0 Å². The molecule has 0 aliphatic carbocycles. The van der Waals surface area contributed by atoms with Crippen molar-refractivity contribution in [2.45, 2.75) is 13.8 Å².